The van der Waals surface area contributed by atoms with Gasteiger partial charge in [0.2, 0.25) is 5.91 Å². The molecule has 82 valence electrons. The molecule has 2 rings (SSSR count). The summed E-state index contributed by atoms with van der Waals surface area (Å²) < 4.78 is 0. The second kappa shape index (κ2) is 4.45. The van der Waals surface area contributed by atoms with Crippen molar-refractivity contribution >= 4 is 5.91 Å². The van der Waals surface area contributed by atoms with E-state index in [1.54, 1.807) is 19.0 Å². The Hall–Kier alpha value is -1.35. The highest BCUT2D eigenvalue weighted by atomic mass is 16.2. The van der Waals surface area contributed by atoms with Crippen LogP contribution in [-0.2, 0) is 24.1 Å². The summed E-state index contributed by atoms with van der Waals surface area (Å²) in [4.78, 5) is 13.1. The van der Waals surface area contributed by atoms with E-state index >= 15 is 0 Å². The number of carbonyl (C=O) groups is 1. The maximum absolute atomic E-state index is 11.5. The smallest absolute Gasteiger partial charge is 0.226 e. The maximum atomic E-state index is 11.5. The van der Waals surface area contributed by atoms with Gasteiger partial charge >= 0.3 is 0 Å². The van der Waals surface area contributed by atoms with E-state index < -0.39 is 0 Å². The van der Waals surface area contributed by atoms with E-state index in [1.165, 1.54) is 24.0 Å². The standard InChI is InChI=1S/C12H15NO.H3N/c1-13(2)12(14)8-9-3-4-10-5-6-11(10)7-9;/h3-4,7H,5-6,8H2,1-2H3;1H3. The first kappa shape index (κ1) is 11.7. The number of nitrogens with zero attached hydrogens (tertiary/aromatic N) is 1. The molecule has 1 aromatic carbocycles. The molecule has 1 aliphatic rings. The van der Waals surface area contributed by atoms with E-state index in [4.69, 9.17) is 0 Å². The highest BCUT2D eigenvalue weighted by molar-refractivity contribution is 5.78. The molecule has 3 nitrogen and oxygen atoms in total. The number of hydrogen-bond acceptors (Lipinski definition) is 2. The van der Waals surface area contributed by atoms with E-state index in [2.05, 4.69) is 18.2 Å². The minimum absolute atomic E-state index is 0. The Morgan fingerprint density at radius 3 is 2.40 bits per heavy atom. The highest BCUT2D eigenvalue weighted by Gasteiger charge is 2.14. The second-order valence-electron chi connectivity index (χ2n) is 4.07. The molecule has 0 heterocycles. The van der Waals surface area contributed by atoms with Gasteiger partial charge in [-0.1, -0.05) is 18.2 Å². The Morgan fingerprint density at radius 1 is 1.27 bits per heavy atom. The average molecular weight is 206 g/mol. The van der Waals surface area contributed by atoms with Gasteiger partial charge in [0.1, 0.15) is 0 Å². The van der Waals surface area contributed by atoms with Gasteiger partial charge in [0.25, 0.3) is 0 Å². The molecule has 0 aliphatic heterocycles. The lowest BCUT2D eigenvalue weighted by molar-refractivity contribution is -0.127. The fraction of sp³-hybridized carbons (Fsp3) is 0.417. The number of aryl methyl sites for hydroxylation is 2. The Morgan fingerprint density at radius 2 is 1.93 bits per heavy atom. The summed E-state index contributed by atoms with van der Waals surface area (Å²) in [7, 11) is 3.59. The van der Waals surface area contributed by atoms with Crippen LogP contribution in [0.3, 0.4) is 0 Å². The summed E-state index contributed by atoms with van der Waals surface area (Å²) in [5.74, 6) is 0.171. The summed E-state index contributed by atoms with van der Waals surface area (Å²) in [6.07, 6.45) is 2.91. The predicted octanol–water partition coefficient (Wildman–Crippen LogP) is 1.58. The molecule has 0 unspecified atom stereocenters. The van der Waals surface area contributed by atoms with Crippen LogP contribution in [-0.4, -0.2) is 24.9 Å². The van der Waals surface area contributed by atoms with Gasteiger partial charge in [0.05, 0.1) is 6.42 Å². The van der Waals surface area contributed by atoms with Crippen LogP contribution in [0.2, 0.25) is 0 Å². The van der Waals surface area contributed by atoms with E-state index in [0.717, 1.165) is 5.56 Å². The molecule has 0 saturated heterocycles. The monoisotopic (exact) mass is 206 g/mol. The van der Waals surface area contributed by atoms with E-state index in [0.29, 0.717) is 6.42 Å². The predicted molar refractivity (Wildman–Crippen MR) is 61.3 cm³/mol. The van der Waals surface area contributed by atoms with Gasteiger partial charge in [-0.2, -0.15) is 0 Å². The third kappa shape index (κ3) is 2.36. The molecule has 0 fully saturated rings. The number of likely N-dealkylation sites (N-methyl/N-ethyl adjacent to an activating group) is 1. The molecule has 0 atom stereocenters. The summed E-state index contributed by atoms with van der Waals surface area (Å²) in [6, 6.07) is 6.39. The van der Waals surface area contributed by atoms with Gasteiger partial charge in [-0.3, -0.25) is 4.79 Å². The molecule has 0 radical (unpaired) electrons. The van der Waals surface area contributed by atoms with Crippen LogP contribution >= 0.6 is 0 Å². The molecular weight excluding hydrogens is 188 g/mol. The zero-order valence-corrected chi connectivity index (χ0v) is 9.42. The Bertz CT molecular complexity index is 372. The van der Waals surface area contributed by atoms with Crippen molar-refractivity contribution in [2.24, 2.45) is 0 Å². The molecular formula is C12H18N2O. The molecule has 1 aromatic rings. The topological polar surface area (TPSA) is 55.3 Å². The van der Waals surface area contributed by atoms with Crippen molar-refractivity contribution in [3.05, 3.63) is 34.9 Å². The minimum atomic E-state index is 0. The lowest BCUT2D eigenvalue weighted by Gasteiger charge is -2.19. The van der Waals surface area contributed by atoms with Crippen LogP contribution in [0.1, 0.15) is 16.7 Å². The van der Waals surface area contributed by atoms with Crippen molar-refractivity contribution in [1.29, 1.82) is 0 Å². The molecule has 3 heteroatoms. The lowest BCUT2D eigenvalue weighted by atomic mass is 9.87. The first-order chi connectivity index (χ1) is 6.66. The van der Waals surface area contributed by atoms with Crippen molar-refractivity contribution < 1.29 is 4.79 Å². The molecule has 0 aromatic heterocycles. The Kier molecular flexibility index (Phi) is 3.48. The summed E-state index contributed by atoms with van der Waals surface area (Å²) in [5, 5.41) is 0. The molecule has 0 bridgehead atoms. The molecule has 15 heavy (non-hydrogen) atoms. The zero-order valence-electron chi connectivity index (χ0n) is 9.42. The van der Waals surface area contributed by atoms with Crippen LogP contribution in [0.15, 0.2) is 18.2 Å². The van der Waals surface area contributed by atoms with Gasteiger partial charge < -0.3 is 11.1 Å². The van der Waals surface area contributed by atoms with Crippen LogP contribution in [0.25, 0.3) is 0 Å². The number of amides is 1. The fourth-order valence-corrected chi connectivity index (χ4v) is 1.69. The summed E-state index contributed by atoms with van der Waals surface area (Å²) in [5.41, 5.74) is 4.02. The fourth-order valence-electron chi connectivity index (χ4n) is 1.69. The number of rotatable bonds is 2. The highest BCUT2D eigenvalue weighted by Crippen LogP contribution is 2.23. The van der Waals surface area contributed by atoms with E-state index in [-0.39, 0.29) is 12.1 Å². The van der Waals surface area contributed by atoms with Crippen molar-refractivity contribution in [1.82, 2.24) is 11.1 Å². The Labute approximate surface area is 90.7 Å². The van der Waals surface area contributed by atoms with E-state index in [1.807, 2.05) is 0 Å². The quantitative estimate of drug-likeness (QED) is 0.798. The van der Waals surface area contributed by atoms with Crippen molar-refractivity contribution in [3.63, 3.8) is 0 Å². The summed E-state index contributed by atoms with van der Waals surface area (Å²) in [6.45, 7) is 0. The van der Waals surface area contributed by atoms with Crippen LogP contribution in [0.4, 0.5) is 0 Å². The molecule has 0 saturated carbocycles. The molecule has 1 aliphatic carbocycles. The molecule has 1 amide bonds. The third-order valence-electron chi connectivity index (χ3n) is 2.79. The largest absolute Gasteiger partial charge is 0.349 e. The normalized spacial score (nSPS) is 12.1. The zero-order chi connectivity index (χ0) is 10.1. The second-order valence-corrected chi connectivity index (χ2v) is 4.07. The average Bonchev–Trinajstić information content (AvgIpc) is 2.09. The summed E-state index contributed by atoms with van der Waals surface area (Å²) >= 11 is 0. The number of fused-ring (bicyclic) bond motifs is 1. The van der Waals surface area contributed by atoms with E-state index in [9.17, 15) is 4.79 Å². The van der Waals surface area contributed by atoms with Crippen molar-refractivity contribution in [2.45, 2.75) is 19.3 Å². The molecule has 3 N–H and O–H groups in total. The third-order valence-corrected chi connectivity index (χ3v) is 2.79. The SMILES string of the molecule is CN(C)C(=O)Cc1ccc2c(c1)CC2.N. The van der Waals surface area contributed by atoms with Crippen LogP contribution in [0, 0.1) is 0 Å². The van der Waals surface area contributed by atoms with Gasteiger partial charge in [-0.25, -0.2) is 0 Å². The first-order valence-electron chi connectivity index (χ1n) is 4.97. The van der Waals surface area contributed by atoms with Crippen molar-refractivity contribution in [2.75, 3.05) is 14.1 Å². The minimum Gasteiger partial charge on any atom is -0.349 e. The first-order valence-corrected chi connectivity index (χ1v) is 4.97. The van der Waals surface area contributed by atoms with Gasteiger partial charge in [0.15, 0.2) is 0 Å². The molecule has 0 spiro atoms. The number of carbonyl (C=O) groups excluding carboxylic acids is 1. The number of benzene rings is 1. The van der Waals surface area contributed by atoms with Gasteiger partial charge in [-0.15, -0.1) is 0 Å². The van der Waals surface area contributed by atoms with Crippen molar-refractivity contribution in [3.8, 4) is 0 Å². The van der Waals surface area contributed by atoms with Gasteiger partial charge in [0, 0.05) is 14.1 Å². The Balaban J connectivity index is 0.00000112. The lowest BCUT2D eigenvalue weighted by Crippen LogP contribution is -2.23. The number of hydrogen-bond donors (Lipinski definition) is 1. The maximum Gasteiger partial charge on any atom is 0.226 e. The van der Waals surface area contributed by atoms with Gasteiger partial charge in [-0.05, 0) is 29.5 Å². The van der Waals surface area contributed by atoms with Crippen LogP contribution in [0.5, 0.6) is 0 Å². The van der Waals surface area contributed by atoms with Crippen LogP contribution < -0.4 is 6.15 Å².